The van der Waals surface area contributed by atoms with Gasteiger partial charge in [-0.1, -0.05) is 0 Å². The molecule has 0 bridgehead atoms. The third kappa shape index (κ3) is 1.73. The molecule has 1 aliphatic heterocycles. The van der Waals surface area contributed by atoms with Crippen molar-refractivity contribution < 1.29 is 9.47 Å². The molecule has 10 heavy (non-hydrogen) atoms. The average molecular weight is 140 g/mol. The van der Waals surface area contributed by atoms with E-state index in [1.165, 1.54) is 0 Å². The molecule has 56 valence electrons. The van der Waals surface area contributed by atoms with E-state index in [0.29, 0.717) is 6.61 Å². The summed E-state index contributed by atoms with van der Waals surface area (Å²) in [5, 5.41) is 0. The maximum Gasteiger partial charge on any atom is 0.222 e. The van der Waals surface area contributed by atoms with Crippen LogP contribution in [0, 0.1) is 12.3 Å². The predicted molar refractivity (Wildman–Crippen MR) is 38.4 cm³/mol. The number of hydrogen-bond acceptors (Lipinski definition) is 2. The first kappa shape index (κ1) is 7.59. The van der Waals surface area contributed by atoms with Crippen molar-refractivity contribution in [3.63, 3.8) is 0 Å². The lowest BCUT2D eigenvalue weighted by Gasteiger charge is -2.33. The molecule has 1 unspecified atom stereocenters. The van der Waals surface area contributed by atoms with Crippen LogP contribution in [0.25, 0.3) is 0 Å². The molecule has 0 amide bonds. The highest BCUT2D eigenvalue weighted by atomic mass is 16.7. The van der Waals surface area contributed by atoms with Gasteiger partial charge in [0.15, 0.2) is 0 Å². The standard InChI is InChI=1S/C8H12O2/c1-4-7-9-6-5-8(2,3)10-7/h1,7H,5-6H2,2-3H3. The molecule has 1 atom stereocenters. The van der Waals surface area contributed by atoms with Gasteiger partial charge in [0.1, 0.15) is 0 Å². The Morgan fingerprint density at radius 1 is 1.60 bits per heavy atom. The van der Waals surface area contributed by atoms with Crippen molar-refractivity contribution in [3.8, 4) is 12.3 Å². The Balaban J connectivity index is 2.49. The number of hydrogen-bond donors (Lipinski definition) is 0. The van der Waals surface area contributed by atoms with E-state index in [1.54, 1.807) is 0 Å². The highest BCUT2D eigenvalue weighted by Crippen LogP contribution is 2.22. The van der Waals surface area contributed by atoms with Gasteiger partial charge in [-0.15, -0.1) is 6.42 Å². The monoisotopic (exact) mass is 140 g/mol. The average Bonchev–Trinajstić information content (AvgIpc) is 1.86. The van der Waals surface area contributed by atoms with Gasteiger partial charge in [0.2, 0.25) is 6.29 Å². The molecule has 1 aliphatic rings. The lowest BCUT2D eigenvalue weighted by atomic mass is 10.1. The fourth-order valence-corrected chi connectivity index (χ4v) is 0.877. The first-order valence-electron chi connectivity index (χ1n) is 3.40. The molecular formula is C8H12O2. The molecular weight excluding hydrogens is 128 g/mol. The van der Waals surface area contributed by atoms with Gasteiger partial charge >= 0.3 is 0 Å². The summed E-state index contributed by atoms with van der Waals surface area (Å²) in [7, 11) is 0. The fourth-order valence-electron chi connectivity index (χ4n) is 0.877. The van der Waals surface area contributed by atoms with Crippen molar-refractivity contribution in [3.05, 3.63) is 0 Å². The van der Waals surface area contributed by atoms with Crippen LogP contribution in [-0.4, -0.2) is 18.5 Å². The number of rotatable bonds is 0. The molecule has 0 aromatic carbocycles. The Morgan fingerprint density at radius 3 is 2.70 bits per heavy atom. The first-order chi connectivity index (χ1) is 4.64. The quantitative estimate of drug-likeness (QED) is 0.470. The topological polar surface area (TPSA) is 18.5 Å². The largest absolute Gasteiger partial charge is 0.342 e. The SMILES string of the molecule is C#CC1OCCC(C)(C)O1. The van der Waals surface area contributed by atoms with Gasteiger partial charge < -0.3 is 9.47 Å². The van der Waals surface area contributed by atoms with Gasteiger partial charge in [0.05, 0.1) is 12.2 Å². The lowest BCUT2D eigenvalue weighted by Crippen LogP contribution is -2.38. The summed E-state index contributed by atoms with van der Waals surface area (Å²) in [6.07, 6.45) is 5.59. The van der Waals surface area contributed by atoms with Crippen LogP contribution in [0.1, 0.15) is 20.3 Å². The molecule has 0 radical (unpaired) electrons. The highest BCUT2D eigenvalue weighted by molar-refractivity contribution is 4.92. The van der Waals surface area contributed by atoms with Gasteiger partial charge in [-0.2, -0.15) is 0 Å². The molecule has 2 nitrogen and oxygen atoms in total. The molecule has 0 aromatic heterocycles. The molecule has 0 aliphatic carbocycles. The number of ether oxygens (including phenoxy) is 2. The van der Waals surface area contributed by atoms with Gasteiger partial charge in [0.25, 0.3) is 0 Å². The Hall–Kier alpha value is -0.520. The van der Waals surface area contributed by atoms with E-state index in [2.05, 4.69) is 5.92 Å². The summed E-state index contributed by atoms with van der Waals surface area (Å²) >= 11 is 0. The minimum atomic E-state index is -0.441. The van der Waals surface area contributed by atoms with E-state index in [9.17, 15) is 0 Å². The van der Waals surface area contributed by atoms with Gasteiger partial charge in [0, 0.05) is 0 Å². The zero-order chi connectivity index (χ0) is 7.61. The Morgan fingerprint density at radius 2 is 2.30 bits per heavy atom. The Labute approximate surface area is 61.5 Å². The molecule has 1 rings (SSSR count). The van der Waals surface area contributed by atoms with E-state index >= 15 is 0 Å². The zero-order valence-corrected chi connectivity index (χ0v) is 6.39. The summed E-state index contributed by atoms with van der Waals surface area (Å²) < 4.78 is 10.5. The van der Waals surface area contributed by atoms with Gasteiger partial charge in [-0.3, -0.25) is 0 Å². The van der Waals surface area contributed by atoms with Gasteiger partial charge in [-0.05, 0) is 26.2 Å². The van der Waals surface area contributed by atoms with E-state index < -0.39 is 6.29 Å². The summed E-state index contributed by atoms with van der Waals surface area (Å²) in [5.41, 5.74) is -0.116. The molecule has 1 heterocycles. The second-order valence-corrected chi connectivity index (χ2v) is 3.00. The smallest absolute Gasteiger partial charge is 0.222 e. The van der Waals surface area contributed by atoms with Crippen LogP contribution in [-0.2, 0) is 9.47 Å². The van der Waals surface area contributed by atoms with Crippen LogP contribution in [0.4, 0.5) is 0 Å². The maximum atomic E-state index is 5.36. The van der Waals surface area contributed by atoms with E-state index in [0.717, 1.165) is 6.42 Å². The van der Waals surface area contributed by atoms with Crippen LogP contribution in [0.2, 0.25) is 0 Å². The predicted octanol–water partition coefficient (Wildman–Crippen LogP) is 1.16. The van der Waals surface area contributed by atoms with Gasteiger partial charge in [-0.25, -0.2) is 0 Å². The molecule has 1 saturated heterocycles. The minimum absolute atomic E-state index is 0.116. The summed E-state index contributed by atoms with van der Waals surface area (Å²) in [6, 6.07) is 0. The Kier molecular flexibility index (Phi) is 1.98. The molecule has 0 aromatic rings. The summed E-state index contributed by atoms with van der Waals surface area (Å²) in [5.74, 6) is 2.42. The van der Waals surface area contributed by atoms with Crippen molar-refractivity contribution >= 4 is 0 Å². The lowest BCUT2D eigenvalue weighted by molar-refractivity contribution is -0.216. The number of terminal acetylenes is 1. The van der Waals surface area contributed by atoms with E-state index in [-0.39, 0.29) is 5.60 Å². The first-order valence-corrected chi connectivity index (χ1v) is 3.40. The van der Waals surface area contributed by atoms with Crippen LogP contribution >= 0.6 is 0 Å². The van der Waals surface area contributed by atoms with E-state index in [1.807, 2.05) is 13.8 Å². The van der Waals surface area contributed by atoms with Crippen LogP contribution in [0.5, 0.6) is 0 Å². The van der Waals surface area contributed by atoms with Crippen LogP contribution in [0.15, 0.2) is 0 Å². The Bertz CT molecular complexity index is 155. The minimum Gasteiger partial charge on any atom is -0.342 e. The molecule has 0 saturated carbocycles. The second-order valence-electron chi connectivity index (χ2n) is 3.00. The zero-order valence-electron chi connectivity index (χ0n) is 6.39. The van der Waals surface area contributed by atoms with Crippen molar-refractivity contribution in [2.45, 2.75) is 32.2 Å². The van der Waals surface area contributed by atoms with Crippen molar-refractivity contribution in [1.82, 2.24) is 0 Å². The third-order valence-electron chi connectivity index (χ3n) is 1.54. The molecule has 1 fully saturated rings. The summed E-state index contributed by atoms with van der Waals surface area (Å²) in [6.45, 7) is 4.72. The maximum absolute atomic E-state index is 5.36. The second kappa shape index (κ2) is 2.61. The summed E-state index contributed by atoms with van der Waals surface area (Å²) in [4.78, 5) is 0. The molecule has 0 spiro atoms. The van der Waals surface area contributed by atoms with Crippen LogP contribution in [0.3, 0.4) is 0 Å². The van der Waals surface area contributed by atoms with Crippen molar-refractivity contribution in [2.24, 2.45) is 0 Å². The van der Waals surface area contributed by atoms with Crippen molar-refractivity contribution in [1.29, 1.82) is 0 Å². The molecule has 2 heteroatoms. The van der Waals surface area contributed by atoms with Crippen molar-refractivity contribution in [2.75, 3.05) is 6.61 Å². The van der Waals surface area contributed by atoms with E-state index in [4.69, 9.17) is 15.9 Å². The normalized spacial score (nSPS) is 31.1. The fraction of sp³-hybridized carbons (Fsp3) is 0.750. The molecule has 0 N–H and O–H groups in total. The highest BCUT2D eigenvalue weighted by Gasteiger charge is 2.27. The third-order valence-corrected chi connectivity index (χ3v) is 1.54. The van der Waals surface area contributed by atoms with Crippen LogP contribution < -0.4 is 0 Å².